The highest BCUT2D eigenvalue weighted by molar-refractivity contribution is 7.92. The van der Waals surface area contributed by atoms with E-state index in [0.29, 0.717) is 17.1 Å². The van der Waals surface area contributed by atoms with Crippen LogP contribution in [0.1, 0.15) is 23.5 Å². The molecule has 1 fully saturated rings. The topological polar surface area (TPSA) is 127 Å². The van der Waals surface area contributed by atoms with Gasteiger partial charge < -0.3 is 11.1 Å². The standard InChI is InChI=1S/C25H22ClN5O3S/c26-23-14-28-13-17-1-4-18(10-21(17)23)30-25(32)22-11-20(22)16-2-5-19(6-3-16)35(33,34)31-24-9-15(12-27)7-8-29-24/h1-10,13-14,20,22H,11-12,27H2,(H,29,31)(H,30,32). The Kier molecular flexibility index (Phi) is 6.14. The fraction of sp³-hybridized carbons (Fsp3) is 0.160. The Morgan fingerprint density at radius 3 is 2.66 bits per heavy atom. The number of hydrogen-bond donors (Lipinski definition) is 3. The molecule has 4 N–H and O–H groups in total. The number of nitrogens with zero attached hydrogens (tertiary/aromatic N) is 2. The lowest BCUT2D eigenvalue weighted by Crippen LogP contribution is -2.15. The van der Waals surface area contributed by atoms with E-state index in [4.69, 9.17) is 17.3 Å². The summed E-state index contributed by atoms with van der Waals surface area (Å²) < 4.78 is 27.9. The van der Waals surface area contributed by atoms with Gasteiger partial charge in [0.2, 0.25) is 5.91 Å². The van der Waals surface area contributed by atoms with Gasteiger partial charge in [-0.05, 0) is 59.9 Å². The summed E-state index contributed by atoms with van der Waals surface area (Å²) in [6, 6.07) is 15.4. The molecule has 5 rings (SSSR count). The van der Waals surface area contributed by atoms with Crippen LogP contribution in [-0.2, 0) is 21.4 Å². The lowest BCUT2D eigenvalue weighted by molar-refractivity contribution is -0.117. The summed E-state index contributed by atoms with van der Waals surface area (Å²) in [5, 5.41) is 5.20. The molecule has 10 heteroatoms. The number of nitrogens with two attached hydrogens (primary N) is 1. The normalized spacial score (nSPS) is 17.2. The largest absolute Gasteiger partial charge is 0.326 e. The van der Waals surface area contributed by atoms with Crippen molar-refractivity contribution in [3.05, 3.63) is 89.3 Å². The number of rotatable bonds is 7. The number of aromatic nitrogens is 2. The monoisotopic (exact) mass is 507 g/mol. The average Bonchev–Trinajstić information content (AvgIpc) is 3.66. The molecule has 4 aromatic rings. The number of carbonyl (C=O) groups excluding carboxylic acids is 1. The van der Waals surface area contributed by atoms with Crippen molar-refractivity contribution in [2.75, 3.05) is 10.0 Å². The number of halogens is 1. The zero-order chi connectivity index (χ0) is 24.6. The highest BCUT2D eigenvalue weighted by atomic mass is 35.5. The Labute approximate surface area is 207 Å². The minimum atomic E-state index is -3.80. The van der Waals surface area contributed by atoms with Crippen LogP contribution in [0.5, 0.6) is 0 Å². The van der Waals surface area contributed by atoms with E-state index >= 15 is 0 Å². The summed E-state index contributed by atoms with van der Waals surface area (Å²) in [6.07, 6.45) is 5.49. The molecule has 35 heavy (non-hydrogen) atoms. The number of benzene rings is 2. The van der Waals surface area contributed by atoms with Crippen molar-refractivity contribution in [2.45, 2.75) is 23.8 Å². The van der Waals surface area contributed by atoms with Crippen LogP contribution in [0, 0.1) is 5.92 Å². The third kappa shape index (κ3) is 4.97. The fourth-order valence-corrected chi connectivity index (χ4v) is 5.26. The highest BCUT2D eigenvalue weighted by Crippen LogP contribution is 2.48. The summed E-state index contributed by atoms with van der Waals surface area (Å²) in [7, 11) is -3.80. The molecule has 8 nitrogen and oxygen atoms in total. The number of nitrogens with one attached hydrogen (secondary N) is 2. The molecule has 1 amide bonds. The van der Waals surface area contributed by atoms with E-state index < -0.39 is 10.0 Å². The molecule has 0 radical (unpaired) electrons. The van der Waals surface area contributed by atoms with Crippen molar-refractivity contribution >= 4 is 49.8 Å². The van der Waals surface area contributed by atoms with Crippen molar-refractivity contribution in [3.8, 4) is 0 Å². The second kappa shape index (κ2) is 9.26. The molecule has 1 aliphatic rings. The summed E-state index contributed by atoms with van der Waals surface area (Å²) in [4.78, 5) is 21.0. The Bertz CT molecular complexity index is 1530. The van der Waals surface area contributed by atoms with Gasteiger partial charge in [-0.1, -0.05) is 29.8 Å². The molecule has 1 aliphatic carbocycles. The Balaban J connectivity index is 1.24. The molecule has 1 saturated carbocycles. The minimum Gasteiger partial charge on any atom is -0.326 e. The Hall–Kier alpha value is -3.53. The third-order valence-electron chi connectivity index (χ3n) is 6.02. The molecule has 0 aliphatic heterocycles. The second-order valence-electron chi connectivity index (χ2n) is 8.42. The lowest BCUT2D eigenvalue weighted by atomic mass is 10.1. The molecule has 178 valence electrons. The number of pyridine rings is 2. The molecule has 2 unspecified atom stereocenters. The quantitative estimate of drug-likeness (QED) is 0.342. The van der Waals surface area contributed by atoms with E-state index in [1.54, 1.807) is 36.7 Å². The van der Waals surface area contributed by atoms with Crippen LogP contribution >= 0.6 is 11.6 Å². The van der Waals surface area contributed by atoms with Gasteiger partial charge in [-0.3, -0.25) is 14.5 Å². The van der Waals surface area contributed by atoms with Crippen molar-refractivity contribution in [1.29, 1.82) is 0 Å². The molecule has 2 heterocycles. The summed E-state index contributed by atoms with van der Waals surface area (Å²) >= 11 is 6.22. The molecule has 0 bridgehead atoms. The maximum absolute atomic E-state index is 12.8. The SMILES string of the molecule is NCc1ccnc(NS(=O)(=O)c2ccc(C3CC3C(=O)Nc3ccc4cncc(Cl)c4c3)cc2)c1. The van der Waals surface area contributed by atoms with Crippen LogP contribution in [0.4, 0.5) is 11.5 Å². The first kappa shape index (κ1) is 23.2. The van der Waals surface area contributed by atoms with Gasteiger partial charge in [0.25, 0.3) is 10.0 Å². The van der Waals surface area contributed by atoms with Crippen molar-refractivity contribution in [1.82, 2.24) is 9.97 Å². The lowest BCUT2D eigenvalue weighted by Gasteiger charge is -2.09. The van der Waals surface area contributed by atoms with Gasteiger partial charge in [0.05, 0.1) is 9.92 Å². The number of amides is 1. The van der Waals surface area contributed by atoms with Crippen LogP contribution in [-0.4, -0.2) is 24.3 Å². The maximum atomic E-state index is 12.8. The number of fused-ring (bicyclic) bond motifs is 1. The summed E-state index contributed by atoms with van der Waals surface area (Å²) in [5.41, 5.74) is 7.96. The zero-order valence-corrected chi connectivity index (χ0v) is 20.1. The van der Waals surface area contributed by atoms with E-state index in [1.165, 1.54) is 18.3 Å². The predicted octanol–water partition coefficient (Wildman–Crippen LogP) is 4.28. The van der Waals surface area contributed by atoms with Gasteiger partial charge in [-0.25, -0.2) is 13.4 Å². The van der Waals surface area contributed by atoms with E-state index in [-0.39, 0.29) is 35.0 Å². The van der Waals surface area contributed by atoms with E-state index in [2.05, 4.69) is 20.0 Å². The molecule has 0 saturated heterocycles. The van der Waals surface area contributed by atoms with Crippen molar-refractivity contribution < 1.29 is 13.2 Å². The predicted molar refractivity (Wildman–Crippen MR) is 136 cm³/mol. The summed E-state index contributed by atoms with van der Waals surface area (Å²) in [5.74, 6) is -0.01000. The van der Waals surface area contributed by atoms with Gasteiger partial charge in [0.1, 0.15) is 5.82 Å². The Morgan fingerprint density at radius 2 is 1.89 bits per heavy atom. The van der Waals surface area contributed by atoms with Gasteiger partial charge in [0, 0.05) is 47.5 Å². The van der Waals surface area contributed by atoms with Crippen LogP contribution in [0.2, 0.25) is 5.02 Å². The van der Waals surface area contributed by atoms with Gasteiger partial charge >= 0.3 is 0 Å². The second-order valence-corrected chi connectivity index (χ2v) is 10.5. The van der Waals surface area contributed by atoms with Crippen molar-refractivity contribution in [2.24, 2.45) is 11.7 Å². The molecule has 2 aromatic carbocycles. The average molecular weight is 508 g/mol. The highest BCUT2D eigenvalue weighted by Gasteiger charge is 2.44. The third-order valence-corrected chi connectivity index (χ3v) is 7.70. The van der Waals surface area contributed by atoms with Crippen molar-refractivity contribution in [3.63, 3.8) is 0 Å². The van der Waals surface area contributed by atoms with E-state index in [0.717, 1.165) is 21.9 Å². The first-order valence-electron chi connectivity index (χ1n) is 11.0. The smallest absolute Gasteiger partial charge is 0.263 e. The molecule has 0 spiro atoms. The van der Waals surface area contributed by atoms with E-state index in [1.807, 2.05) is 18.2 Å². The molecule has 2 atom stereocenters. The fourth-order valence-electron chi connectivity index (χ4n) is 4.04. The first-order valence-corrected chi connectivity index (χ1v) is 12.8. The van der Waals surface area contributed by atoms with Gasteiger partial charge in [-0.2, -0.15) is 0 Å². The van der Waals surface area contributed by atoms with Crippen LogP contribution in [0.15, 0.2) is 78.1 Å². The Morgan fingerprint density at radius 1 is 1.09 bits per heavy atom. The van der Waals surface area contributed by atoms with Gasteiger partial charge in [0.15, 0.2) is 0 Å². The van der Waals surface area contributed by atoms with Gasteiger partial charge in [-0.15, -0.1) is 0 Å². The number of carbonyl (C=O) groups is 1. The number of anilines is 2. The van der Waals surface area contributed by atoms with E-state index in [9.17, 15) is 13.2 Å². The molecular weight excluding hydrogens is 486 g/mol. The minimum absolute atomic E-state index is 0.0378. The summed E-state index contributed by atoms with van der Waals surface area (Å²) in [6.45, 7) is 0.286. The van der Waals surface area contributed by atoms with Crippen LogP contribution < -0.4 is 15.8 Å². The molecule has 2 aromatic heterocycles. The number of sulfonamides is 1. The maximum Gasteiger partial charge on any atom is 0.263 e. The molecular formula is C25H22ClN5O3S. The first-order chi connectivity index (χ1) is 16.8. The van der Waals surface area contributed by atoms with Crippen LogP contribution in [0.3, 0.4) is 0 Å². The van der Waals surface area contributed by atoms with Crippen LogP contribution in [0.25, 0.3) is 10.8 Å². The zero-order valence-electron chi connectivity index (χ0n) is 18.5. The number of hydrogen-bond acceptors (Lipinski definition) is 6.